The monoisotopic (exact) mass is 266 g/mol. The topological polar surface area (TPSA) is 38.0 Å². The van der Waals surface area contributed by atoms with E-state index in [0.717, 1.165) is 41.8 Å². The summed E-state index contributed by atoms with van der Waals surface area (Å²) >= 11 is 0. The van der Waals surface area contributed by atoms with Crippen molar-refractivity contribution in [3.63, 3.8) is 0 Å². The fraction of sp³-hybridized carbons (Fsp3) is 0.235. The van der Waals surface area contributed by atoms with E-state index in [1.165, 1.54) is 0 Å². The van der Waals surface area contributed by atoms with E-state index in [1.54, 1.807) is 6.07 Å². The number of aryl methyl sites for hydroxylation is 1. The highest BCUT2D eigenvalue weighted by Crippen LogP contribution is 2.20. The molecule has 3 nitrogen and oxygen atoms in total. The van der Waals surface area contributed by atoms with Gasteiger partial charge in [0.25, 0.3) is 0 Å². The molecule has 0 amide bonds. The quantitative estimate of drug-likeness (QED) is 0.781. The first-order valence-electron chi connectivity index (χ1n) is 7.00. The van der Waals surface area contributed by atoms with Crippen LogP contribution < -0.4 is 0 Å². The first kappa shape index (κ1) is 12.7. The number of nitrogens with zero attached hydrogens (tertiary/aromatic N) is 2. The summed E-state index contributed by atoms with van der Waals surface area (Å²) in [5.74, 6) is 1.42. The van der Waals surface area contributed by atoms with Crippen LogP contribution in [0.15, 0.2) is 48.5 Å². The van der Waals surface area contributed by atoms with Gasteiger partial charge in [-0.3, -0.25) is 0 Å². The molecule has 1 heterocycles. The predicted molar refractivity (Wildman–Crippen MR) is 80.9 cm³/mol. The van der Waals surface area contributed by atoms with Crippen LogP contribution in [0, 0.1) is 0 Å². The molecule has 1 aromatic heterocycles. The van der Waals surface area contributed by atoms with Gasteiger partial charge in [0.15, 0.2) is 0 Å². The summed E-state index contributed by atoms with van der Waals surface area (Å²) < 4.78 is 2.24. The van der Waals surface area contributed by atoms with Gasteiger partial charge in [-0.25, -0.2) is 4.98 Å². The number of aromatic hydroxyl groups is 1. The highest BCUT2D eigenvalue weighted by molar-refractivity contribution is 5.76. The molecule has 3 aromatic rings. The number of benzene rings is 2. The molecule has 0 saturated heterocycles. The van der Waals surface area contributed by atoms with E-state index in [-0.39, 0.29) is 0 Å². The lowest BCUT2D eigenvalue weighted by atomic mass is 10.2. The maximum Gasteiger partial charge on any atom is 0.115 e. The number of hydrogen-bond acceptors (Lipinski definition) is 2. The molecule has 102 valence electrons. The molecule has 0 aliphatic heterocycles. The van der Waals surface area contributed by atoms with Gasteiger partial charge < -0.3 is 9.67 Å². The summed E-state index contributed by atoms with van der Waals surface area (Å²) in [5.41, 5.74) is 3.28. The van der Waals surface area contributed by atoms with Crippen molar-refractivity contribution in [3.8, 4) is 5.75 Å². The Morgan fingerprint density at radius 1 is 1.10 bits per heavy atom. The molecular weight excluding hydrogens is 248 g/mol. The molecule has 0 atom stereocenters. The van der Waals surface area contributed by atoms with Crippen LogP contribution in [0.25, 0.3) is 11.0 Å². The minimum absolute atomic E-state index is 0.309. The molecule has 0 saturated carbocycles. The number of para-hydroxylation sites is 2. The third kappa shape index (κ3) is 2.39. The van der Waals surface area contributed by atoms with Crippen molar-refractivity contribution < 1.29 is 5.11 Å². The van der Waals surface area contributed by atoms with Crippen molar-refractivity contribution in [3.05, 3.63) is 59.9 Å². The van der Waals surface area contributed by atoms with E-state index < -0.39 is 0 Å². The van der Waals surface area contributed by atoms with Crippen molar-refractivity contribution in [2.45, 2.75) is 26.3 Å². The first-order chi connectivity index (χ1) is 9.78. The Morgan fingerprint density at radius 2 is 1.95 bits per heavy atom. The standard InChI is InChI=1S/C17H18N2O/c1-2-6-17-18-15-9-3-4-10-16(15)19(17)12-13-7-5-8-14(20)11-13/h3-5,7-11,20H,2,6,12H2,1H3. The van der Waals surface area contributed by atoms with Gasteiger partial charge in [-0.05, 0) is 36.2 Å². The molecule has 0 bridgehead atoms. The number of phenolic OH excluding ortho intramolecular Hbond substituents is 1. The molecule has 1 N–H and O–H groups in total. The molecule has 0 aliphatic rings. The lowest BCUT2D eigenvalue weighted by Crippen LogP contribution is -2.05. The molecule has 20 heavy (non-hydrogen) atoms. The average molecular weight is 266 g/mol. The van der Waals surface area contributed by atoms with Crippen LogP contribution in [0.5, 0.6) is 5.75 Å². The molecular formula is C17H18N2O. The van der Waals surface area contributed by atoms with E-state index in [1.807, 2.05) is 36.4 Å². The minimum Gasteiger partial charge on any atom is -0.508 e. The zero-order valence-corrected chi connectivity index (χ0v) is 11.6. The van der Waals surface area contributed by atoms with Crippen LogP contribution in [0.3, 0.4) is 0 Å². The maximum atomic E-state index is 9.60. The average Bonchev–Trinajstić information content (AvgIpc) is 2.78. The lowest BCUT2D eigenvalue weighted by molar-refractivity contribution is 0.474. The number of fused-ring (bicyclic) bond motifs is 1. The molecule has 0 spiro atoms. The van der Waals surface area contributed by atoms with Gasteiger partial charge in [-0.2, -0.15) is 0 Å². The Kier molecular flexibility index (Phi) is 3.42. The number of hydrogen-bond donors (Lipinski definition) is 1. The Hall–Kier alpha value is -2.29. The van der Waals surface area contributed by atoms with Gasteiger partial charge in [-0.15, -0.1) is 0 Å². The summed E-state index contributed by atoms with van der Waals surface area (Å²) in [6.45, 7) is 2.91. The van der Waals surface area contributed by atoms with Crippen LogP contribution in [0.1, 0.15) is 24.7 Å². The highest BCUT2D eigenvalue weighted by Gasteiger charge is 2.10. The van der Waals surface area contributed by atoms with Gasteiger partial charge in [0.05, 0.1) is 11.0 Å². The molecule has 0 unspecified atom stereocenters. The molecule has 0 fully saturated rings. The second kappa shape index (κ2) is 5.37. The fourth-order valence-electron chi connectivity index (χ4n) is 2.55. The zero-order chi connectivity index (χ0) is 13.9. The van der Waals surface area contributed by atoms with Crippen molar-refractivity contribution in [1.29, 1.82) is 0 Å². The van der Waals surface area contributed by atoms with Crippen LogP contribution >= 0.6 is 0 Å². The summed E-state index contributed by atoms with van der Waals surface area (Å²) in [6.07, 6.45) is 2.04. The zero-order valence-electron chi connectivity index (χ0n) is 11.6. The second-order valence-corrected chi connectivity index (χ2v) is 5.02. The Bertz CT molecular complexity index is 731. The van der Waals surface area contributed by atoms with Gasteiger partial charge in [-0.1, -0.05) is 31.2 Å². The van der Waals surface area contributed by atoms with Gasteiger partial charge in [0.1, 0.15) is 11.6 Å². The maximum absolute atomic E-state index is 9.60. The minimum atomic E-state index is 0.309. The van der Waals surface area contributed by atoms with Gasteiger partial charge in [0, 0.05) is 13.0 Å². The van der Waals surface area contributed by atoms with E-state index in [0.29, 0.717) is 5.75 Å². The fourth-order valence-corrected chi connectivity index (χ4v) is 2.55. The van der Waals surface area contributed by atoms with Crippen molar-refractivity contribution >= 4 is 11.0 Å². The molecule has 2 aromatic carbocycles. The van der Waals surface area contributed by atoms with Crippen molar-refractivity contribution in [2.24, 2.45) is 0 Å². The number of imidazole rings is 1. The Morgan fingerprint density at radius 3 is 2.75 bits per heavy atom. The van der Waals surface area contributed by atoms with Crippen molar-refractivity contribution in [1.82, 2.24) is 9.55 Å². The van der Waals surface area contributed by atoms with Crippen molar-refractivity contribution in [2.75, 3.05) is 0 Å². The summed E-state index contributed by atoms with van der Waals surface area (Å²) in [4.78, 5) is 4.72. The Labute approximate surface area is 118 Å². The smallest absolute Gasteiger partial charge is 0.115 e. The van der Waals surface area contributed by atoms with Crippen LogP contribution in [0.4, 0.5) is 0 Å². The lowest BCUT2D eigenvalue weighted by Gasteiger charge is -2.09. The number of phenols is 1. The number of rotatable bonds is 4. The second-order valence-electron chi connectivity index (χ2n) is 5.02. The molecule has 3 heteroatoms. The molecule has 3 rings (SSSR count). The third-order valence-corrected chi connectivity index (χ3v) is 3.46. The summed E-state index contributed by atoms with van der Waals surface area (Å²) in [7, 11) is 0. The van der Waals surface area contributed by atoms with E-state index >= 15 is 0 Å². The SMILES string of the molecule is CCCc1nc2ccccc2n1Cc1cccc(O)c1. The van der Waals surface area contributed by atoms with Gasteiger partial charge >= 0.3 is 0 Å². The van der Waals surface area contributed by atoms with Gasteiger partial charge in [0.2, 0.25) is 0 Å². The largest absolute Gasteiger partial charge is 0.508 e. The van der Waals surface area contributed by atoms with Crippen LogP contribution in [-0.2, 0) is 13.0 Å². The van der Waals surface area contributed by atoms with Crippen LogP contribution in [-0.4, -0.2) is 14.7 Å². The van der Waals surface area contributed by atoms with Crippen LogP contribution in [0.2, 0.25) is 0 Å². The normalized spacial score (nSPS) is 11.1. The number of aromatic nitrogens is 2. The molecule has 0 aliphatic carbocycles. The first-order valence-corrected chi connectivity index (χ1v) is 7.00. The van der Waals surface area contributed by atoms with E-state index in [2.05, 4.69) is 17.6 Å². The molecule has 0 radical (unpaired) electrons. The summed E-state index contributed by atoms with van der Waals surface area (Å²) in [6, 6.07) is 15.6. The predicted octanol–water partition coefficient (Wildman–Crippen LogP) is 3.74. The third-order valence-electron chi connectivity index (χ3n) is 3.46. The van der Waals surface area contributed by atoms with E-state index in [9.17, 15) is 5.11 Å². The van der Waals surface area contributed by atoms with E-state index in [4.69, 9.17) is 4.98 Å². The highest BCUT2D eigenvalue weighted by atomic mass is 16.3. The summed E-state index contributed by atoms with van der Waals surface area (Å²) in [5, 5.41) is 9.60. The Balaban J connectivity index is 2.06.